The topological polar surface area (TPSA) is 87.0 Å². The maximum atomic E-state index is 12.5. The van der Waals surface area contributed by atoms with E-state index in [2.05, 4.69) is 5.32 Å². The number of aryl methyl sites for hydroxylation is 1. The maximum Gasteiger partial charge on any atom is 0.340 e. The number of fused-ring (bicyclic) bond motifs is 1. The molecule has 1 amide bonds. The van der Waals surface area contributed by atoms with Crippen molar-refractivity contribution in [3.8, 4) is 17.2 Å². The van der Waals surface area contributed by atoms with E-state index in [9.17, 15) is 9.59 Å². The number of ether oxygens (including phenoxy) is 3. The molecular weight excluding hydrogens is 410 g/mol. The van der Waals surface area contributed by atoms with Crippen molar-refractivity contribution in [2.75, 3.05) is 21.3 Å². The number of halogens is 1. The molecule has 0 fully saturated rings. The summed E-state index contributed by atoms with van der Waals surface area (Å²) in [5.74, 6) is 1.28. The van der Waals surface area contributed by atoms with Gasteiger partial charge in [-0.15, -0.1) is 0 Å². The summed E-state index contributed by atoms with van der Waals surface area (Å²) in [6.45, 7) is 2.04. The van der Waals surface area contributed by atoms with E-state index in [1.165, 1.54) is 7.11 Å². The largest absolute Gasteiger partial charge is 0.495 e. The monoisotopic (exact) mass is 431 g/mol. The van der Waals surface area contributed by atoms with Gasteiger partial charge in [-0.1, -0.05) is 17.7 Å². The van der Waals surface area contributed by atoms with E-state index in [1.54, 1.807) is 45.4 Å². The highest BCUT2D eigenvalue weighted by atomic mass is 35.5. The van der Waals surface area contributed by atoms with Gasteiger partial charge in [-0.05, 0) is 36.2 Å². The van der Waals surface area contributed by atoms with Crippen LogP contribution in [0.4, 0.5) is 0 Å². The van der Waals surface area contributed by atoms with Crippen LogP contribution in [0.15, 0.2) is 39.5 Å². The normalized spacial score (nSPS) is 10.7. The Hall–Kier alpha value is -3.19. The molecule has 0 unspecified atom stereocenters. The van der Waals surface area contributed by atoms with Crippen molar-refractivity contribution in [2.24, 2.45) is 0 Å². The standard InChI is InChI=1S/C22H22ClNO6/c1-12-14-8-16(23)19(28-3)10-18(14)30-22(26)15(12)9-21(25)24-11-13-5-6-17(27-2)20(7-13)29-4/h5-8,10H,9,11H2,1-4H3,(H,24,25). The molecule has 1 aromatic heterocycles. The number of methoxy groups -OCH3 is 3. The summed E-state index contributed by atoms with van der Waals surface area (Å²) in [5, 5.41) is 3.86. The molecule has 3 rings (SSSR count). The lowest BCUT2D eigenvalue weighted by molar-refractivity contribution is -0.120. The van der Waals surface area contributed by atoms with E-state index in [0.717, 1.165) is 5.56 Å². The van der Waals surface area contributed by atoms with Crippen LogP contribution in [-0.2, 0) is 17.8 Å². The highest BCUT2D eigenvalue weighted by Gasteiger charge is 2.17. The SMILES string of the molecule is COc1cc2oc(=O)c(CC(=O)NCc3ccc(OC)c(OC)c3)c(C)c2cc1Cl. The molecule has 0 atom stereocenters. The van der Waals surface area contributed by atoms with Crippen molar-refractivity contribution in [3.63, 3.8) is 0 Å². The lowest BCUT2D eigenvalue weighted by Gasteiger charge is -2.12. The summed E-state index contributed by atoms with van der Waals surface area (Å²) in [4.78, 5) is 24.9. The lowest BCUT2D eigenvalue weighted by Crippen LogP contribution is -2.27. The minimum atomic E-state index is -0.564. The van der Waals surface area contributed by atoms with Gasteiger partial charge in [-0.2, -0.15) is 0 Å². The Bertz CT molecular complexity index is 1150. The Morgan fingerprint density at radius 3 is 2.40 bits per heavy atom. The molecule has 0 spiro atoms. The number of carbonyl (C=O) groups excluding carboxylic acids is 1. The quantitative estimate of drug-likeness (QED) is 0.575. The van der Waals surface area contributed by atoms with Crippen LogP contribution in [-0.4, -0.2) is 27.2 Å². The first-order valence-corrected chi connectivity index (χ1v) is 9.53. The molecule has 1 heterocycles. The summed E-state index contributed by atoms with van der Waals surface area (Å²) in [6.07, 6.45) is -0.110. The van der Waals surface area contributed by atoms with Gasteiger partial charge in [0.05, 0.1) is 38.3 Å². The molecule has 1 N–H and O–H groups in total. The van der Waals surface area contributed by atoms with Gasteiger partial charge in [0, 0.05) is 18.0 Å². The third-order valence-electron chi connectivity index (χ3n) is 4.83. The Kier molecular flexibility index (Phi) is 6.52. The molecule has 3 aromatic rings. The fraction of sp³-hybridized carbons (Fsp3) is 0.273. The molecule has 0 aliphatic carbocycles. The first-order chi connectivity index (χ1) is 14.4. The Morgan fingerprint density at radius 1 is 1.03 bits per heavy atom. The molecule has 30 heavy (non-hydrogen) atoms. The van der Waals surface area contributed by atoms with Crippen molar-refractivity contribution < 1.29 is 23.4 Å². The van der Waals surface area contributed by atoms with Gasteiger partial charge in [0.2, 0.25) is 5.91 Å². The second kappa shape index (κ2) is 9.09. The molecular formula is C22H22ClNO6. The van der Waals surface area contributed by atoms with Crippen LogP contribution >= 0.6 is 11.6 Å². The third kappa shape index (κ3) is 4.36. The van der Waals surface area contributed by atoms with Crippen LogP contribution in [0.2, 0.25) is 5.02 Å². The van der Waals surface area contributed by atoms with E-state index >= 15 is 0 Å². The Labute approximate surface area is 178 Å². The average molecular weight is 432 g/mol. The van der Waals surface area contributed by atoms with Crippen LogP contribution in [0.3, 0.4) is 0 Å². The second-order valence-electron chi connectivity index (χ2n) is 6.62. The van der Waals surface area contributed by atoms with Gasteiger partial charge >= 0.3 is 5.63 Å². The summed E-state index contributed by atoms with van der Waals surface area (Å²) in [5.41, 5.74) is 1.56. The molecule has 158 valence electrons. The number of rotatable bonds is 7. The highest BCUT2D eigenvalue weighted by Crippen LogP contribution is 2.31. The molecule has 0 saturated heterocycles. The second-order valence-corrected chi connectivity index (χ2v) is 7.03. The van der Waals surface area contributed by atoms with E-state index in [-0.39, 0.29) is 24.4 Å². The summed E-state index contributed by atoms with van der Waals surface area (Å²) < 4.78 is 21.0. The number of hydrogen-bond donors (Lipinski definition) is 1. The number of benzene rings is 2. The molecule has 0 aliphatic heterocycles. The predicted octanol–water partition coefficient (Wildman–Crippen LogP) is 3.64. The van der Waals surface area contributed by atoms with Crippen LogP contribution in [0.1, 0.15) is 16.7 Å². The average Bonchev–Trinajstić information content (AvgIpc) is 2.75. The zero-order chi connectivity index (χ0) is 21.8. The van der Waals surface area contributed by atoms with Crippen LogP contribution < -0.4 is 25.2 Å². The third-order valence-corrected chi connectivity index (χ3v) is 5.13. The van der Waals surface area contributed by atoms with E-state index in [1.807, 2.05) is 6.07 Å². The summed E-state index contributed by atoms with van der Waals surface area (Å²) in [6, 6.07) is 8.60. The number of hydrogen-bond acceptors (Lipinski definition) is 6. The van der Waals surface area contributed by atoms with Crippen molar-refractivity contribution in [1.29, 1.82) is 0 Å². The number of carbonyl (C=O) groups is 1. The van der Waals surface area contributed by atoms with Crippen LogP contribution in [0.25, 0.3) is 11.0 Å². The fourth-order valence-electron chi connectivity index (χ4n) is 3.16. The minimum Gasteiger partial charge on any atom is -0.495 e. The van der Waals surface area contributed by atoms with E-state index in [4.69, 9.17) is 30.2 Å². The molecule has 2 aromatic carbocycles. The van der Waals surface area contributed by atoms with E-state index in [0.29, 0.717) is 38.8 Å². The minimum absolute atomic E-state index is 0.110. The Balaban J connectivity index is 1.79. The fourth-order valence-corrected chi connectivity index (χ4v) is 3.41. The van der Waals surface area contributed by atoms with Crippen LogP contribution in [0, 0.1) is 6.92 Å². The van der Waals surface area contributed by atoms with Crippen molar-refractivity contribution in [3.05, 3.63) is 62.5 Å². The summed E-state index contributed by atoms with van der Waals surface area (Å²) >= 11 is 6.19. The van der Waals surface area contributed by atoms with Crippen molar-refractivity contribution >= 4 is 28.5 Å². The van der Waals surface area contributed by atoms with Gasteiger partial charge in [0.1, 0.15) is 11.3 Å². The van der Waals surface area contributed by atoms with Gasteiger partial charge in [0.25, 0.3) is 0 Å². The first kappa shape index (κ1) is 21.5. The highest BCUT2D eigenvalue weighted by molar-refractivity contribution is 6.32. The number of nitrogens with one attached hydrogen (secondary N) is 1. The van der Waals surface area contributed by atoms with Crippen LogP contribution in [0.5, 0.6) is 17.2 Å². The molecule has 0 radical (unpaired) electrons. The molecule has 0 saturated carbocycles. The smallest absolute Gasteiger partial charge is 0.340 e. The lowest BCUT2D eigenvalue weighted by atomic mass is 10.0. The zero-order valence-electron chi connectivity index (χ0n) is 17.1. The first-order valence-electron chi connectivity index (χ1n) is 9.15. The van der Waals surface area contributed by atoms with Crippen molar-refractivity contribution in [1.82, 2.24) is 5.32 Å². The molecule has 0 bridgehead atoms. The van der Waals surface area contributed by atoms with Crippen molar-refractivity contribution in [2.45, 2.75) is 19.9 Å². The predicted molar refractivity (Wildman–Crippen MR) is 114 cm³/mol. The van der Waals surface area contributed by atoms with Gasteiger partial charge < -0.3 is 23.9 Å². The molecule has 0 aliphatic rings. The summed E-state index contributed by atoms with van der Waals surface area (Å²) in [7, 11) is 4.58. The van der Waals surface area contributed by atoms with Gasteiger partial charge in [-0.3, -0.25) is 4.79 Å². The van der Waals surface area contributed by atoms with Gasteiger partial charge in [-0.25, -0.2) is 4.79 Å². The molecule has 8 heteroatoms. The van der Waals surface area contributed by atoms with E-state index < -0.39 is 5.63 Å². The maximum absolute atomic E-state index is 12.5. The van der Waals surface area contributed by atoms with Gasteiger partial charge in [0.15, 0.2) is 11.5 Å². The zero-order valence-corrected chi connectivity index (χ0v) is 17.9. The number of amides is 1. The molecule has 7 nitrogen and oxygen atoms in total. The Morgan fingerprint density at radius 2 is 1.73 bits per heavy atom.